The van der Waals surface area contributed by atoms with E-state index in [2.05, 4.69) is 0 Å². The van der Waals surface area contributed by atoms with Crippen LogP contribution in [0.25, 0.3) is 0 Å². The maximum Gasteiger partial charge on any atom is 4.00 e. The van der Waals surface area contributed by atoms with Gasteiger partial charge in [0.25, 0.3) is 0 Å². The SMILES string of the molecule is [Co+3].[Co+3].[O-2].[O-2].[O-2].[O-2].[Ti+4]. The molecule has 0 atom stereocenters. The maximum absolute atomic E-state index is 0. The van der Waals surface area contributed by atoms with E-state index in [0.717, 1.165) is 0 Å². The monoisotopic (exact) mass is 230 g/mol. The largest absolute Gasteiger partial charge is 4.00 e. The average Bonchev–Trinajstić information content (AvgIpc) is 0. The summed E-state index contributed by atoms with van der Waals surface area (Å²) in [6.07, 6.45) is 0. The second kappa shape index (κ2) is 133. The number of hydrogen-bond donors (Lipinski definition) is 0. The number of rotatable bonds is 0. The van der Waals surface area contributed by atoms with Crippen LogP contribution in [0, 0.1) is 0 Å². The van der Waals surface area contributed by atoms with E-state index < -0.39 is 0 Å². The van der Waals surface area contributed by atoms with Gasteiger partial charge in [-0.1, -0.05) is 0 Å². The van der Waals surface area contributed by atoms with Crippen LogP contribution in [0.2, 0.25) is 0 Å². The second-order valence-corrected chi connectivity index (χ2v) is 0. The zero-order chi connectivity index (χ0) is 0. The Morgan fingerprint density at radius 3 is 0.429 bits per heavy atom. The van der Waals surface area contributed by atoms with Crippen LogP contribution in [0.5, 0.6) is 0 Å². The Balaban J connectivity index is 0. The molecule has 0 N–H and O–H groups in total. The van der Waals surface area contributed by atoms with E-state index in [1.54, 1.807) is 0 Å². The molecule has 0 rings (SSSR count). The molecule has 0 bridgehead atoms. The van der Waals surface area contributed by atoms with Gasteiger partial charge >= 0.3 is 55.3 Å². The molecule has 0 aromatic rings. The third kappa shape index (κ3) is 95.5. The van der Waals surface area contributed by atoms with Crippen molar-refractivity contribution in [2.45, 2.75) is 0 Å². The van der Waals surface area contributed by atoms with Crippen molar-refractivity contribution in [2.75, 3.05) is 0 Å². The van der Waals surface area contributed by atoms with Crippen LogP contribution < -0.4 is 0 Å². The smallest absolute Gasteiger partial charge is 2.00 e. The molecule has 0 saturated heterocycles. The van der Waals surface area contributed by atoms with Crippen molar-refractivity contribution in [2.24, 2.45) is 0 Å². The molecule has 0 saturated carbocycles. The van der Waals surface area contributed by atoms with Gasteiger partial charge in [0, 0.05) is 0 Å². The average molecular weight is 230 g/mol. The molecule has 0 aromatic heterocycles. The minimum Gasteiger partial charge on any atom is -2.00 e. The molecule has 7 heavy (non-hydrogen) atoms. The molecule has 0 aliphatic rings. The first-order chi connectivity index (χ1) is 0. The Hall–Kier alpha value is 1.57. The molecule has 7 heteroatoms. The van der Waals surface area contributed by atoms with Crippen molar-refractivity contribution < 1.29 is 77.2 Å². The standard InChI is InChI=1S/2Co.4O.Ti/q2*+3;4*-2;+4. The van der Waals surface area contributed by atoms with E-state index in [-0.39, 0.29) is 77.2 Å². The molecule has 44 valence electrons. The van der Waals surface area contributed by atoms with Crippen LogP contribution in [-0.4, -0.2) is 0 Å². The molecule has 0 heterocycles. The maximum atomic E-state index is 0. The summed E-state index contributed by atoms with van der Waals surface area (Å²) in [6.45, 7) is 0. The molecule has 0 aromatic carbocycles. The van der Waals surface area contributed by atoms with Gasteiger partial charge in [0.15, 0.2) is 0 Å². The third-order valence-corrected chi connectivity index (χ3v) is 0. The summed E-state index contributed by atoms with van der Waals surface area (Å²) in [5.41, 5.74) is 0. The molecule has 0 amide bonds. The molecule has 4 nitrogen and oxygen atoms in total. The van der Waals surface area contributed by atoms with Gasteiger partial charge in [-0.3, -0.25) is 0 Å². The van der Waals surface area contributed by atoms with Crippen LogP contribution in [0.15, 0.2) is 0 Å². The summed E-state index contributed by atoms with van der Waals surface area (Å²) < 4.78 is 0. The van der Waals surface area contributed by atoms with E-state index in [0.29, 0.717) is 0 Å². The van der Waals surface area contributed by atoms with Gasteiger partial charge in [-0.25, -0.2) is 0 Å². The van der Waals surface area contributed by atoms with Gasteiger partial charge in [-0.15, -0.1) is 0 Å². The van der Waals surface area contributed by atoms with Gasteiger partial charge < -0.3 is 21.9 Å². The molecule has 0 aliphatic heterocycles. The second-order valence-electron chi connectivity index (χ2n) is 0. The topological polar surface area (TPSA) is 114 Å². The first kappa shape index (κ1) is 200. The van der Waals surface area contributed by atoms with E-state index in [9.17, 15) is 0 Å². The van der Waals surface area contributed by atoms with Crippen molar-refractivity contribution in [3.05, 3.63) is 0 Å². The summed E-state index contributed by atoms with van der Waals surface area (Å²) in [5.74, 6) is 0. The fraction of sp³-hybridized carbons (Fsp3) is 0. The molecule has 0 fully saturated rings. The van der Waals surface area contributed by atoms with E-state index in [1.807, 2.05) is 0 Å². The van der Waals surface area contributed by atoms with Crippen molar-refractivity contribution >= 4 is 0 Å². The summed E-state index contributed by atoms with van der Waals surface area (Å²) in [4.78, 5) is 0. The summed E-state index contributed by atoms with van der Waals surface area (Å²) in [5, 5.41) is 0. The zero-order valence-corrected chi connectivity index (χ0v) is 6.44. The van der Waals surface area contributed by atoms with Gasteiger partial charge in [0.05, 0.1) is 0 Å². The van der Waals surface area contributed by atoms with E-state index in [1.165, 1.54) is 0 Å². The fourth-order valence-corrected chi connectivity index (χ4v) is 0. The Labute approximate surface area is 76.9 Å². The molecular weight excluding hydrogens is 230 g/mol. The van der Waals surface area contributed by atoms with Gasteiger partial charge in [-0.05, 0) is 0 Å². The third-order valence-electron chi connectivity index (χ3n) is 0. The van der Waals surface area contributed by atoms with Crippen LogP contribution in [0.3, 0.4) is 0 Å². The normalized spacial score (nSPS) is 0. The first-order valence-corrected chi connectivity index (χ1v) is 0. The molecule has 0 spiro atoms. The van der Waals surface area contributed by atoms with Crippen LogP contribution in [-0.2, 0) is 77.2 Å². The predicted molar refractivity (Wildman–Crippen MR) is 2.75 cm³/mol. The summed E-state index contributed by atoms with van der Waals surface area (Å²) >= 11 is 0. The summed E-state index contributed by atoms with van der Waals surface area (Å²) in [7, 11) is 0. The summed E-state index contributed by atoms with van der Waals surface area (Å²) in [6, 6.07) is 0. The van der Waals surface area contributed by atoms with Crippen LogP contribution in [0.4, 0.5) is 0 Å². The number of hydrogen-bond acceptors (Lipinski definition) is 0. The minimum absolute atomic E-state index is 0. The van der Waals surface area contributed by atoms with E-state index in [4.69, 9.17) is 0 Å². The quantitative estimate of drug-likeness (QED) is 0.499. The predicted octanol–water partition coefficient (Wildman–Crippen LogP) is -0.483. The van der Waals surface area contributed by atoms with E-state index >= 15 is 0 Å². The molecule has 0 unspecified atom stereocenters. The Kier molecular flexibility index (Phi) is 3790. The van der Waals surface area contributed by atoms with Crippen molar-refractivity contribution in [3.63, 3.8) is 0 Å². The van der Waals surface area contributed by atoms with Crippen LogP contribution in [0.1, 0.15) is 0 Å². The zero-order valence-electron chi connectivity index (χ0n) is 2.80. The van der Waals surface area contributed by atoms with Crippen molar-refractivity contribution in [3.8, 4) is 0 Å². The molecule has 0 aliphatic carbocycles. The molecule has 0 radical (unpaired) electrons. The first-order valence-electron chi connectivity index (χ1n) is 0. The Morgan fingerprint density at radius 1 is 0.429 bits per heavy atom. The molecular formula is Co2O4Ti+2. The Morgan fingerprint density at radius 2 is 0.429 bits per heavy atom. The van der Waals surface area contributed by atoms with Crippen molar-refractivity contribution in [1.29, 1.82) is 0 Å². The van der Waals surface area contributed by atoms with Crippen LogP contribution >= 0.6 is 0 Å². The van der Waals surface area contributed by atoms with Gasteiger partial charge in [-0.2, -0.15) is 0 Å². The van der Waals surface area contributed by atoms with Crippen molar-refractivity contribution in [1.82, 2.24) is 0 Å². The van der Waals surface area contributed by atoms with Gasteiger partial charge in [0.1, 0.15) is 0 Å². The Bertz CT molecular complexity index is 9.65. The van der Waals surface area contributed by atoms with Gasteiger partial charge in [0.2, 0.25) is 0 Å². The fourth-order valence-electron chi connectivity index (χ4n) is 0. The minimum atomic E-state index is 0.